The van der Waals surface area contributed by atoms with E-state index in [9.17, 15) is 20.6 Å². The van der Waals surface area contributed by atoms with Crippen LogP contribution in [-0.2, 0) is 20.4 Å². The van der Waals surface area contributed by atoms with Gasteiger partial charge in [0.2, 0.25) is 6.01 Å². The van der Waals surface area contributed by atoms with Crippen LogP contribution >= 0.6 is 0 Å². The third-order valence-corrected chi connectivity index (χ3v) is 1.68. The fourth-order valence-corrected chi connectivity index (χ4v) is 0.672. The number of alkyl halides is 1. The van der Waals surface area contributed by atoms with Crippen LogP contribution in [0.25, 0.3) is 0 Å². The molecule has 0 aliphatic rings. The molecule has 0 aromatic heterocycles. The predicted octanol–water partition coefficient (Wildman–Crippen LogP) is 1.07. The molecule has 14 heavy (non-hydrogen) atoms. The highest BCUT2D eigenvalue weighted by atomic mass is 32.3. The summed E-state index contributed by atoms with van der Waals surface area (Å²) in [5, 5.41) is 0. The van der Waals surface area contributed by atoms with Crippen molar-refractivity contribution >= 4 is 20.4 Å². The second-order valence-electron chi connectivity index (χ2n) is 1.97. The van der Waals surface area contributed by atoms with Crippen molar-refractivity contribution in [3.05, 3.63) is 12.7 Å². The summed E-state index contributed by atoms with van der Waals surface area (Å²) in [6.07, 6.45) is 1.54. The first kappa shape index (κ1) is 15.9. The van der Waals surface area contributed by atoms with Crippen molar-refractivity contribution in [3.63, 3.8) is 0 Å². The van der Waals surface area contributed by atoms with E-state index in [0.717, 1.165) is 0 Å². The van der Waals surface area contributed by atoms with Gasteiger partial charge in [-0.05, 0) is 6.42 Å². The van der Waals surface area contributed by atoms with Crippen LogP contribution in [0.3, 0.4) is 0 Å². The van der Waals surface area contributed by atoms with Crippen LogP contribution in [0.2, 0.25) is 0 Å². The van der Waals surface area contributed by atoms with Gasteiger partial charge < -0.3 is 0 Å². The monoisotopic (exact) mass is 254 g/mol. The Balaban J connectivity index is 0. The summed E-state index contributed by atoms with van der Waals surface area (Å²) >= 11 is 0. The molecule has 0 atom stereocenters. The van der Waals surface area contributed by atoms with E-state index in [1.165, 1.54) is 6.08 Å². The molecular formula is C5H9F3O4S2. The van der Waals surface area contributed by atoms with Crippen molar-refractivity contribution in [2.75, 3.05) is 11.8 Å². The Labute approximate surface area is 80.9 Å². The summed E-state index contributed by atoms with van der Waals surface area (Å²) in [6.45, 7) is 3.23. The van der Waals surface area contributed by atoms with Gasteiger partial charge in [0.15, 0.2) is 0 Å². The summed E-state index contributed by atoms with van der Waals surface area (Å²) in [5.74, 6) is -0.448. The van der Waals surface area contributed by atoms with Gasteiger partial charge in [-0.3, -0.25) is 0 Å². The van der Waals surface area contributed by atoms with E-state index in [1.54, 1.807) is 0 Å². The molecule has 0 N–H and O–H groups in total. The quantitative estimate of drug-likeness (QED) is 0.556. The molecule has 0 spiro atoms. The molecule has 0 fully saturated rings. The van der Waals surface area contributed by atoms with Gasteiger partial charge in [-0.15, -0.1) is 14.4 Å². The van der Waals surface area contributed by atoms with Gasteiger partial charge in [0.25, 0.3) is 0 Å². The third kappa shape index (κ3) is 22.5. The lowest BCUT2D eigenvalue weighted by Crippen LogP contribution is -1.95. The molecule has 0 rings (SSSR count). The fraction of sp³-hybridized carbons (Fsp3) is 0.600. The van der Waals surface area contributed by atoms with Crippen molar-refractivity contribution in [1.82, 2.24) is 0 Å². The summed E-state index contributed by atoms with van der Waals surface area (Å²) in [7, 11) is -9.09. The van der Waals surface area contributed by atoms with Gasteiger partial charge in [-0.2, -0.15) is 16.8 Å². The number of hydrogen-bond acceptors (Lipinski definition) is 4. The normalized spacial score (nSPS) is 11.4. The average molecular weight is 254 g/mol. The maximum Gasteiger partial charge on any atom is 0.331 e. The summed E-state index contributed by atoms with van der Waals surface area (Å²) in [6, 6.07) is -1.92. The van der Waals surface area contributed by atoms with Gasteiger partial charge in [-0.1, -0.05) is 6.08 Å². The van der Waals surface area contributed by atoms with Gasteiger partial charge in [-0.25, -0.2) is 4.39 Å². The molecule has 0 unspecified atom stereocenters. The van der Waals surface area contributed by atoms with E-state index < -0.39 is 32.2 Å². The maximum absolute atomic E-state index is 11.5. The van der Waals surface area contributed by atoms with Crippen molar-refractivity contribution in [2.45, 2.75) is 6.42 Å². The molecule has 0 amide bonds. The lowest BCUT2D eigenvalue weighted by Gasteiger charge is -1.84. The first-order chi connectivity index (χ1) is 6.12. The zero-order valence-electron chi connectivity index (χ0n) is 6.99. The zero-order valence-corrected chi connectivity index (χ0v) is 8.62. The van der Waals surface area contributed by atoms with E-state index in [-0.39, 0.29) is 6.42 Å². The zero-order chi connectivity index (χ0) is 11.8. The summed E-state index contributed by atoms with van der Waals surface area (Å²) < 4.78 is 70.0. The van der Waals surface area contributed by atoms with E-state index in [2.05, 4.69) is 6.58 Å². The Kier molecular flexibility index (Phi) is 7.74. The minimum absolute atomic E-state index is 0.179. The van der Waals surface area contributed by atoms with Gasteiger partial charge >= 0.3 is 20.4 Å². The highest BCUT2D eigenvalue weighted by molar-refractivity contribution is 7.86. The van der Waals surface area contributed by atoms with Crippen molar-refractivity contribution in [2.24, 2.45) is 0 Å². The molecule has 0 aromatic carbocycles. The topological polar surface area (TPSA) is 68.3 Å². The fourth-order valence-electron chi connectivity index (χ4n) is 0.224. The smallest absolute Gasteiger partial charge is 0.231 e. The Morgan fingerprint density at radius 1 is 1.07 bits per heavy atom. The predicted molar refractivity (Wildman–Crippen MR) is 45.7 cm³/mol. The Morgan fingerprint density at radius 3 is 1.50 bits per heavy atom. The molecule has 0 saturated carbocycles. The molecular weight excluding hydrogens is 245 g/mol. The average Bonchev–Trinajstić information content (AvgIpc) is 1.99. The second-order valence-corrected chi connectivity index (χ2v) is 4.75. The minimum Gasteiger partial charge on any atom is -0.231 e. The van der Waals surface area contributed by atoms with Crippen LogP contribution in [0.15, 0.2) is 12.7 Å². The van der Waals surface area contributed by atoms with Crippen molar-refractivity contribution in [1.29, 1.82) is 0 Å². The summed E-state index contributed by atoms with van der Waals surface area (Å²) in [5.41, 5.74) is 0. The number of hydrogen-bond donors (Lipinski definition) is 0. The van der Waals surface area contributed by atoms with E-state index in [1.807, 2.05) is 0 Å². The standard InChI is InChI=1S/C4H7FO2S.CH2F2O2S/c1-2-3-4-8(5,6)7;2-1-6(3,4)5/h2H,1,3-4H2;1H2. The Hall–Kier alpha value is -0.570. The van der Waals surface area contributed by atoms with Gasteiger partial charge in [0.1, 0.15) is 0 Å². The molecule has 4 nitrogen and oxygen atoms in total. The first-order valence-electron chi connectivity index (χ1n) is 3.14. The van der Waals surface area contributed by atoms with E-state index >= 15 is 0 Å². The second kappa shape index (κ2) is 6.82. The Morgan fingerprint density at radius 2 is 1.43 bits per heavy atom. The molecule has 0 saturated heterocycles. The van der Waals surface area contributed by atoms with Crippen molar-refractivity contribution < 1.29 is 29.0 Å². The van der Waals surface area contributed by atoms with Crippen LogP contribution < -0.4 is 0 Å². The van der Waals surface area contributed by atoms with Crippen LogP contribution in [0.5, 0.6) is 0 Å². The highest BCUT2D eigenvalue weighted by Gasteiger charge is 2.02. The van der Waals surface area contributed by atoms with Crippen LogP contribution in [0.4, 0.5) is 12.2 Å². The van der Waals surface area contributed by atoms with Crippen LogP contribution in [0, 0.1) is 0 Å². The maximum atomic E-state index is 11.5. The molecule has 9 heteroatoms. The van der Waals surface area contributed by atoms with E-state index in [4.69, 9.17) is 8.42 Å². The summed E-state index contributed by atoms with van der Waals surface area (Å²) in [4.78, 5) is 0. The molecule has 0 aliphatic carbocycles. The van der Waals surface area contributed by atoms with Gasteiger partial charge in [0.05, 0.1) is 5.75 Å². The number of halogens is 3. The molecule has 0 radical (unpaired) electrons. The minimum atomic E-state index is -4.83. The molecule has 86 valence electrons. The number of allylic oxidation sites excluding steroid dienone is 1. The highest BCUT2D eigenvalue weighted by Crippen LogP contribution is 1.93. The molecule has 0 heterocycles. The molecule has 0 aliphatic heterocycles. The van der Waals surface area contributed by atoms with Crippen molar-refractivity contribution in [3.8, 4) is 0 Å². The first-order valence-corrected chi connectivity index (χ1v) is 6.24. The van der Waals surface area contributed by atoms with Crippen LogP contribution in [-0.4, -0.2) is 28.6 Å². The lowest BCUT2D eigenvalue weighted by atomic mass is 10.5. The number of rotatable bonds is 4. The van der Waals surface area contributed by atoms with Crippen LogP contribution in [0.1, 0.15) is 6.42 Å². The lowest BCUT2D eigenvalue weighted by molar-refractivity contribution is 0.500. The SMILES string of the molecule is C=CCCS(=O)(=O)F.O=S(=O)(F)CF. The van der Waals surface area contributed by atoms with E-state index in [0.29, 0.717) is 0 Å². The van der Waals surface area contributed by atoms with Gasteiger partial charge in [0, 0.05) is 0 Å². The molecule has 0 aromatic rings. The Bertz CT molecular complexity index is 345. The largest absolute Gasteiger partial charge is 0.331 e. The molecule has 0 bridgehead atoms. The third-order valence-electron chi connectivity index (χ3n) is 0.696.